The van der Waals surface area contributed by atoms with Crippen molar-refractivity contribution < 1.29 is 38.4 Å². The fourth-order valence-corrected chi connectivity index (χ4v) is 8.77. The molecule has 0 spiro atoms. The second-order valence-electron chi connectivity index (χ2n) is 14.6. The van der Waals surface area contributed by atoms with Gasteiger partial charge in [-0.1, -0.05) is 94.4 Å². The molecule has 0 aliphatic rings. The maximum Gasteiger partial charge on any atom is 0.251 e. The highest BCUT2D eigenvalue weighted by Gasteiger charge is 2.22. The van der Waals surface area contributed by atoms with E-state index in [4.69, 9.17) is 11.5 Å². The molecule has 0 aliphatic heterocycles. The number of rotatable bonds is 21. The molecule has 18 nitrogen and oxygen atoms in total. The summed E-state index contributed by atoms with van der Waals surface area (Å²) in [6.07, 6.45) is 3.57. The minimum absolute atomic E-state index is 0.176. The van der Waals surface area contributed by atoms with Crippen molar-refractivity contribution in [3.63, 3.8) is 0 Å². The first-order valence-electron chi connectivity index (χ1n) is 20.3. The number of fused-ring (bicyclic) bond motifs is 2. The summed E-state index contributed by atoms with van der Waals surface area (Å²) < 4.78 is 0. The molecule has 20 heteroatoms. The van der Waals surface area contributed by atoms with Gasteiger partial charge in [0.1, 0.15) is 12.1 Å². The fourth-order valence-electron chi connectivity index (χ4n) is 6.44. The van der Waals surface area contributed by atoms with E-state index in [1.54, 1.807) is 109 Å². The van der Waals surface area contributed by atoms with Gasteiger partial charge >= 0.3 is 0 Å². The number of pyridine rings is 2. The van der Waals surface area contributed by atoms with Crippen molar-refractivity contribution in [3.05, 3.63) is 144 Å². The van der Waals surface area contributed by atoms with Crippen LogP contribution in [0.4, 0.5) is 0 Å². The molecule has 0 fully saturated rings. The van der Waals surface area contributed by atoms with Crippen molar-refractivity contribution in [2.75, 3.05) is 26.2 Å². The predicted octanol–water partition coefficient (Wildman–Crippen LogP) is 1.70. The molecule has 66 heavy (non-hydrogen) atoms. The smallest absolute Gasteiger partial charge is 0.251 e. The average molecular weight is 929 g/mol. The first kappa shape index (κ1) is 47.6. The Morgan fingerprint density at radius 1 is 0.470 bits per heavy atom. The highest BCUT2D eigenvalue weighted by Crippen LogP contribution is 2.43. The number of nitrogens with two attached hydrogens (primary N) is 2. The SMILES string of the molecule is NC(=O)[C@H](Cc1ccccc1)NC(=O)CNC(=O)CNC(=O)c1cc(SSc2cc(C(=O)NCC(=O)NCC(=O)N[C@@H](Cc3ccccc3)C(N)=O)cc3cccnc23)c2ncccc2c1. The minimum atomic E-state index is -0.986. The Balaban J connectivity index is 1.04. The van der Waals surface area contributed by atoms with Crippen molar-refractivity contribution in [2.24, 2.45) is 11.5 Å². The third-order valence-electron chi connectivity index (χ3n) is 9.72. The van der Waals surface area contributed by atoms with Gasteiger partial charge in [0.25, 0.3) is 11.8 Å². The maximum atomic E-state index is 13.4. The lowest BCUT2D eigenvalue weighted by atomic mass is 10.1. The maximum absolute atomic E-state index is 13.4. The van der Waals surface area contributed by atoms with Crippen LogP contribution in [0.25, 0.3) is 21.8 Å². The molecule has 0 radical (unpaired) electrons. The van der Waals surface area contributed by atoms with Gasteiger partial charge in [-0.25, -0.2) is 0 Å². The van der Waals surface area contributed by atoms with Crippen molar-refractivity contribution >= 4 is 90.7 Å². The number of aromatic nitrogens is 2. The molecule has 8 amide bonds. The molecule has 6 aromatic rings. The van der Waals surface area contributed by atoms with E-state index in [2.05, 4.69) is 41.9 Å². The zero-order valence-corrected chi connectivity index (χ0v) is 36.7. The van der Waals surface area contributed by atoms with Gasteiger partial charge in [0.2, 0.25) is 35.4 Å². The lowest BCUT2D eigenvalue weighted by Crippen LogP contribution is -2.49. The van der Waals surface area contributed by atoms with Crippen molar-refractivity contribution in [1.29, 1.82) is 0 Å². The van der Waals surface area contributed by atoms with Crippen LogP contribution in [0.3, 0.4) is 0 Å². The van der Waals surface area contributed by atoms with Crippen molar-refractivity contribution in [1.82, 2.24) is 41.9 Å². The molecule has 2 aromatic heterocycles. The zero-order chi connectivity index (χ0) is 47.0. The summed E-state index contributed by atoms with van der Waals surface area (Å²) in [5, 5.41) is 16.3. The molecule has 10 N–H and O–H groups in total. The topological polar surface area (TPSA) is 287 Å². The number of nitrogens with zero attached hydrogens (tertiary/aromatic N) is 2. The number of hydrogen-bond acceptors (Lipinski definition) is 12. The summed E-state index contributed by atoms with van der Waals surface area (Å²) >= 11 is 0. The van der Waals surface area contributed by atoms with Crippen LogP contribution >= 0.6 is 21.6 Å². The summed E-state index contributed by atoms with van der Waals surface area (Å²) in [6.45, 7) is -1.81. The Morgan fingerprint density at radius 3 is 1.23 bits per heavy atom. The quantitative estimate of drug-likeness (QED) is 0.0479. The Hall–Kier alpha value is -7.84. The molecule has 0 saturated heterocycles. The van der Waals surface area contributed by atoms with Crippen LogP contribution in [-0.2, 0) is 41.6 Å². The van der Waals surface area contributed by atoms with Crippen LogP contribution in [-0.4, -0.2) is 95.5 Å². The Morgan fingerprint density at radius 2 is 0.848 bits per heavy atom. The lowest BCUT2D eigenvalue weighted by Gasteiger charge is -2.16. The molecule has 0 saturated carbocycles. The lowest BCUT2D eigenvalue weighted by molar-refractivity contribution is -0.128. The largest absolute Gasteiger partial charge is 0.368 e. The summed E-state index contributed by atoms with van der Waals surface area (Å²) in [6, 6.07) is 29.5. The van der Waals surface area contributed by atoms with E-state index in [1.807, 2.05) is 12.1 Å². The second-order valence-corrected chi connectivity index (χ2v) is 16.8. The monoisotopic (exact) mass is 928 g/mol. The van der Waals surface area contributed by atoms with E-state index >= 15 is 0 Å². The van der Waals surface area contributed by atoms with E-state index in [-0.39, 0.29) is 24.0 Å². The first-order valence-corrected chi connectivity index (χ1v) is 22.4. The third-order valence-corrected chi connectivity index (χ3v) is 12.1. The molecule has 6 rings (SSSR count). The van der Waals surface area contributed by atoms with Crippen LogP contribution in [0.5, 0.6) is 0 Å². The van der Waals surface area contributed by atoms with Crippen molar-refractivity contribution in [2.45, 2.75) is 34.7 Å². The highest BCUT2D eigenvalue weighted by molar-refractivity contribution is 8.76. The van der Waals surface area contributed by atoms with Gasteiger partial charge < -0.3 is 43.4 Å². The number of amides is 8. The van der Waals surface area contributed by atoms with Crippen LogP contribution in [0.2, 0.25) is 0 Å². The molecule has 4 aromatic carbocycles. The number of hydrogen-bond donors (Lipinski definition) is 8. The summed E-state index contributed by atoms with van der Waals surface area (Å²) in [5.41, 5.74) is 14.2. The summed E-state index contributed by atoms with van der Waals surface area (Å²) in [7, 11) is 2.52. The van der Waals surface area contributed by atoms with E-state index in [1.165, 1.54) is 21.6 Å². The highest BCUT2D eigenvalue weighted by atomic mass is 33.1. The Labute approximate surface area is 385 Å². The Kier molecular flexibility index (Phi) is 16.7. The summed E-state index contributed by atoms with van der Waals surface area (Å²) in [5.74, 6) is -5.17. The molecular weight excluding hydrogens is 885 g/mol. The van der Waals surface area contributed by atoms with E-state index in [0.717, 1.165) is 11.1 Å². The van der Waals surface area contributed by atoms with Gasteiger partial charge in [-0.15, -0.1) is 0 Å². The van der Waals surface area contributed by atoms with Crippen LogP contribution in [0, 0.1) is 0 Å². The fraction of sp³-hybridized carbons (Fsp3) is 0.174. The molecule has 0 bridgehead atoms. The summed E-state index contributed by atoms with van der Waals surface area (Å²) in [4.78, 5) is 111. The third kappa shape index (κ3) is 13.8. The number of nitrogens with one attached hydrogen (secondary N) is 6. The number of carbonyl (C=O) groups is 8. The molecule has 0 unspecified atom stereocenters. The standard InChI is InChI=1S/C46H44N10O8S2/c47-43(61)33(17-27-9-3-1-4-10-27)55-39(59)25-51-37(57)23-53-45(63)31-19-29-13-7-15-49-41(29)35(21-31)65-66-36-22-32(20-30-14-8-16-50-42(30)36)46(64)54-24-38(58)52-26-40(60)56-34(44(48)62)18-28-11-5-2-6-12-28/h1-16,19-22,33-34H,17-18,23-26H2,(H2,47,61)(H2,48,62)(H,51,57)(H,52,58)(H,53,63)(H,54,64)(H,55,59)(H,56,60)/t33-,34-/m0/s1. The molecule has 2 heterocycles. The van der Waals surface area contributed by atoms with Gasteiger partial charge in [-0.3, -0.25) is 48.3 Å². The minimum Gasteiger partial charge on any atom is -0.368 e. The van der Waals surface area contributed by atoms with Crippen molar-refractivity contribution in [3.8, 4) is 0 Å². The average Bonchev–Trinajstić information content (AvgIpc) is 3.32. The van der Waals surface area contributed by atoms with Gasteiger partial charge in [0.05, 0.1) is 37.2 Å². The van der Waals surface area contributed by atoms with Crippen LogP contribution in [0.15, 0.2) is 131 Å². The molecular formula is C46H44N10O8S2. The van der Waals surface area contributed by atoms with Gasteiger partial charge in [0.15, 0.2) is 0 Å². The predicted molar refractivity (Wildman–Crippen MR) is 248 cm³/mol. The van der Waals surface area contributed by atoms with E-state index in [9.17, 15) is 38.4 Å². The van der Waals surface area contributed by atoms with Crippen LogP contribution < -0.4 is 43.4 Å². The normalized spacial score (nSPS) is 11.7. The van der Waals surface area contributed by atoms with Gasteiger partial charge in [0, 0.05) is 56.9 Å². The number of benzene rings is 4. The Bertz CT molecular complexity index is 2590. The van der Waals surface area contributed by atoms with Gasteiger partial charge in [-0.05, 0) is 47.5 Å². The number of primary amides is 2. The van der Waals surface area contributed by atoms with Gasteiger partial charge in [-0.2, -0.15) is 0 Å². The first-order chi connectivity index (χ1) is 31.8. The molecule has 338 valence electrons. The molecule has 2 atom stereocenters. The van der Waals surface area contributed by atoms with Crippen LogP contribution in [0.1, 0.15) is 31.8 Å². The second kappa shape index (κ2) is 23.2. The zero-order valence-electron chi connectivity index (χ0n) is 35.1. The van der Waals surface area contributed by atoms with E-state index < -0.39 is 85.5 Å². The van der Waals surface area contributed by atoms with E-state index in [0.29, 0.717) is 31.6 Å². The molecule has 0 aliphatic carbocycles. The number of carbonyl (C=O) groups excluding carboxylic acids is 8.